The van der Waals surface area contributed by atoms with E-state index < -0.39 is 5.79 Å². The summed E-state index contributed by atoms with van der Waals surface area (Å²) in [7, 11) is 0. The van der Waals surface area contributed by atoms with Crippen molar-refractivity contribution in [3.8, 4) is 0 Å². The van der Waals surface area contributed by atoms with E-state index in [-0.39, 0.29) is 0 Å². The van der Waals surface area contributed by atoms with Gasteiger partial charge in [-0.05, 0) is 40.1 Å². The van der Waals surface area contributed by atoms with Crippen molar-refractivity contribution < 1.29 is 10.2 Å². The molecule has 0 saturated heterocycles. The Morgan fingerprint density at radius 1 is 0.650 bits per heavy atom. The highest BCUT2D eigenvalue weighted by Gasteiger charge is 2.30. The lowest BCUT2D eigenvalue weighted by Crippen LogP contribution is -2.35. The van der Waals surface area contributed by atoms with Gasteiger partial charge in [-0.3, -0.25) is 0 Å². The van der Waals surface area contributed by atoms with Crippen LogP contribution in [0.1, 0.15) is 19.3 Å². The van der Waals surface area contributed by atoms with Crippen LogP contribution >= 0.6 is 0 Å². The molecule has 1 aliphatic carbocycles. The molecule has 0 atom stereocenters. The highest BCUT2D eigenvalue weighted by Crippen LogP contribution is 2.27. The van der Waals surface area contributed by atoms with Crippen molar-refractivity contribution >= 4 is 21.5 Å². The molecule has 0 amide bonds. The Bertz CT molecular complexity index is 620. The SMILES string of the molecule is OC1(O)CCC1.c1ccc2cc3ccccc3cc2c1. The van der Waals surface area contributed by atoms with E-state index in [1.807, 2.05) is 0 Å². The maximum atomic E-state index is 8.47. The summed E-state index contributed by atoms with van der Waals surface area (Å²) in [4.78, 5) is 0. The molecule has 1 aliphatic rings. The zero-order valence-corrected chi connectivity index (χ0v) is 11.3. The normalized spacial score (nSPS) is 16.3. The van der Waals surface area contributed by atoms with E-state index in [9.17, 15) is 0 Å². The van der Waals surface area contributed by atoms with Crippen LogP contribution in [0.5, 0.6) is 0 Å². The van der Waals surface area contributed by atoms with E-state index in [4.69, 9.17) is 10.2 Å². The van der Waals surface area contributed by atoms with Crippen LogP contribution in [0.25, 0.3) is 21.5 Å². The number of hydrogen-bond acceptors (Lipinski definition) is 2. The third-order valence-corrected chi connectivity index (χ3v) is 3.77. The van der Waals surface area contributed by atoms with Crippen molar-refractivity contribution in [2.24, 2.45) is 0 Å². The third kappa shape index (κ3) is 2.82. The van der Waals surface area contributed by atoms with Gasteiger partial charge in [0.25, 0.3) is 0 Å². The lowest BCUT2D eigenvalue weighted by Gasteiger charge is -2.29. The maximum absolute atomic E-state index is 8.47. The van der Waals surface area contributed by atoms with Crippen LogP contribution in [0.2, 0.25) is 0 Å². The summed E-state index contributed by atoms with van der Waals surface area (Å²) in [6.07, 6.45) is 2.09. The fourth-order valence-electron chi connectivity index (χ4n) is 2.38. The van der Waals surface area contributed by atoms with Gasteiger partial charge in [-0.15, -0.1) is 0 Å². The molecule has 0 heterocycles. The Morgan fingerprint density at radius 3 is 1.15 bits per heavy atom. The van der Waals surface area contributed by atoms with Crippen LogP contribution < -0.4 is 0 Å². The van der Waals surface area contributed by atoms with E-state index in [0.29, 0.717) is 12.8 Å². The van der Waals surface area contributed by atoms with Gasteiger partial charge in [-0.1, -0.05) is 48.5 Å². The maximum Gasteiger partial charge on any atom is 0.162 e. The lowest BCUT2D eigenvalue weighted by molar-refractivity contribution is -0.210. The van der Waals surface area contributed by atoms with Crippen LogP contribution in [-0.2, 0) is 0 Å². The van der Waals surface area contributed by atoms with Gasteiger partial charge in [0.2, 0.25) is 0 Å². The zero-order valence-electron chi connectivity index (χ0n) is 11.3. The smallest absolute Gasteiger partial charge is 0.162 e. The second-order valence-electron chi connectivity index (χ2n) is 5.38. The average Bonchev–Trinajstić information content (AvgIpc) is 2.44. The van der Waals surface area contributed by atoms with Crippen LogP contribution in [0.4, 0.5) is 0 Å². The van der Waals surface area contributed by atoms with E-state index in [2.05, 4.69) is 60.7 Å². The molecule has 0 aromatic heterocycles. The number of rotatable bonds is 0. The largest absolute Gasteiger partial charge is 0.366 e. The van der Waals surface area contributed by atoms with Crippen LogP contribution in [0.3, 0.4) is 0 Å². The fourth-order valence-corrected chi connectivity index (χ4v) is 2.38. The Balaban J connectivity index is 0.000000170. The molecule has 4 rings (SSSR count). The Hall–Kier alpha value is -1.90. The number of hydrogen-bond donors (Lipinski definition) is 2. The number of benzene rings is 3. The molecule has 1 saturated carbocycles. The average molecular weight is 266 g/mol. The first kappa shape index (κ1) is 13.1. The van der Waals surface area contributed by atoms with Crippen LogP contribution in [-0.4, -0.2) is 16.0 Å². The fraction of sp³-hybridized carbons (Fsp3) is 0.222. The number of fused-ring (bicyclic) bond motifs is 2. The van der Waals surface area contributed by atoms with Crippen molar-refractivity contribution in [2.45, 2.75) is 25.0 Å². The van der Waals surface area contributed by atoms with E-state index in [0.717, 1.165) is 6.42 Å². The van der Waals surface area contributed by atoms with Gasteiger partial charge in [0.1, 0.15) is 0 Å². The number of aliphatic hydroxyl groups is 2. The highest BCUT2D eigenvalue weighted by atomic mass is 16.5. The van der Waals surface area contributed by atoms with E-state index in [1.165, 1.54) is 21.5 Å². The molecule has 3 aromatic carbocycles. The van der Waals surface area contributed by atoms with Crippen molar-refractivity contribution in [1.29, 1.82) is 0 Å². The molecule has 0 radical (unpaired) electrons. The summed E-state index contributed by atoms with van der Waals surface area (Å²) >= 11 is 0. The second kappa shape index (κ2) is 5.23. The van der Waals surface area contributed by atoms with Crippen molar-refractivity contribution in [2.75, 3.05) is 0 Å². The predicted octanol–water partition coefficient (Wildman–Crippen LogP) is 3.84. The lowest BCUT2D eigenvalue weighted by atomic mass is 9.92. The molecule has 0 unspecified atom stereocenters. The quantitative estimate of drug-likeness (QED) is 0.479. The molecule has 20 heavy (non-hydrogen) atoms. The zero-order chi connectivity index (χ0) is 14.0. The molecule has 0 aliphatic heterocycles. The van der Waals surface area contributed by atoms with E-state index >= 15 is 0 Å². The van der Waals surface area contributed by atoms with Gasteiger partial charge in [0.05, 0.1) is 0 Å². The first-order valence-corrected chi connectivity index (χ1v) is 6.96. The minimum absolute atomic E-state index is 0.562. The second-order valence-corrected chi connectivity index (χ2v) is 5.38. The monoisotopic (exact) mass is 266 g/mol. The van der Waals surface area contributed by atoms with Gasteiger partial charge in [0.15, 0.2) is 5.79 Å². The molecule has 2 N–H and O–H groups in total. The van der Waals surface area contributed by atoms with Crippen molar-refractivity contribution in [3.63, 3.8) is 0 Å². The Kier molecular flexibility index (Phi) is 3.43. The minimum Gasteiger partial charge on any atom is -0.366 e. The third-order valence-electron chi connectivity index (χ3n) is 3.77. The Morgan fingerprint density at radius 2 is 0.950 bits per heavy atom. The summed E-state index contributed by atoms with van der Waals surface area (Å²) in [5.41, 5.74) is 0. The summed E-state index contributed by atoms with van der Waals surface area (Å²) in [6.45, 7) is 0. The standard InChI is InChI=1S/C14H10.C4H8O2/c1-2-6-12-10-14-8-4-3-7-13(14)9-11(12)5-1;5-4(6)2-1-3-4/h1-10H;5-6H,1-3H2. The first-order chi connectivity index (χ1) is 9.64. The molecule has 0 bridgehead atoms. The summed E-state index contributed by atoms with van der Waals surface area (Å²) in [5, 5.41) is 22.2. The predicted molar refractivity (Wildman–Crippen MR) is 82.5 cm³/mol. The van der Waals surface area contributed by atoms with Crippen LogP contribution in [0, 0.1) is 0 Å². The van der Waals surface area contributed by atoms with Gasteiger partial charge < -0.3 is 10.2 Å². The molecule has 2 heteroatoms. The van der Waals surface area contributed by atoms with Gasteiger partial charge in [-0.25, -0.2) is 0 Å². The van der Waals surface area contributed by atoms with Crippen molar-refractivity contribution in [3.05, 3.63) is 60.7 Å². The minimum atomic E-state index is -1.28. The summed E-state index contributed by atoms with van der Waals surface area (Å²) in [5.74, 6) is -1.28. The Labute approximate surface area is 118 Å². The molecular weight excluding hydrogens is 248 g/mol. The van der Waals surface area contributed by atoms with Gasteiger partial charge in [-0.2, -0.15) is 0 Å². The molecule has 0 spiro atoms. The van der Waals surface area contributed by atoms with Crippen LogP contribution in [0.15, 0.2) is 60.7 Å². The molecule has 3 aromatic rings. The van der Waals surface area contributed by atoms with Gasteiger partial charge in [0, 0.05) is 12.8 Å². The highest BCUT2D eigenvalue weighted by molar-refractivity contribution is 5.98. The van der Waals surface area contributed by atoms with Crippen molar-refractivity contribution in [1.82, 2.24) is 0 Å². The first-order valence-electron chi connectivity index (χ1n) is 6.96. The topological polar surface area (TPSA) is 40.5 Å². The molecule has 2 nitrogen and oxygen atoms in total. The molecule has 102 valence electrons. The van der Waals surface area contributed by atoms with Gasteiger partial charge >= 0.3 is 0 Å². The summed E-state index contributed by atoms with van der Waals surface area (Å²) < 4.78 is 0. The molecule has 1 fully saturated rings. The molecular formula is C18H18O2. The van der Waals surface area contributed by atoms with E-state index in [1.54, 1.807) is 0 Å². The summed E-state index contributed by atoms with van der Waals surface area (Å²) in [6, 6.07) is 21.4.